The lowest BCUT2D eigenvalue weighted by molar-refractivity contribution is -0.142. The van der Waals surface area contributed by atoms with Gasteiger partial charge in [-0.25, -0.2) is 8.42 Å². The van der Waals surface area contributed by atoms with E-state index in [2.05, 4.69) is 9.46 Å². The molecular formula is C14H19NO4S. The second kappa shape index (κ2) is 7.21. The highest BCUT2D eigenvalue weighted by molar-refractivity contribution is 7.89. The predicted octanol–water partition coefficient (Wildman–Crippen LogP) is 1.78. The number of rotatable bonds is 6. The van der Waals surface area contributed by atoms with Crippen LogP contribution < -0.4 is 4.72 Å². The molecule has 0 amide bonds. The van der Waals surface area contributed by atoms with Crippen LogP contribution in [-0.4, -0.2) is 27.5 Å². The molecule has 20 heavy (non-hydrogen) atoms. The molecule has 1 aromatic rings. The summed E-state index contributed by atoms with van der Waals surface area (Å²) in [5, 5.41) is 0. The molecule has 1 atom stereocenters. The SMILES string of the molecule is C/C=C/CC(NS(=O)(=O)c1ccc(C)cc1)C(=O)OC. The average Bonchev–Trinajstić information content (AvgIpc) is 2.43. The smallest absolute Gasteiger partial charge is 0.324 e. The van der Waals surface area contributed by atoms with Crippen LogP contribution in [0.15, 0.2) is 41.3 Å². The summed E-state index contributed by atoms with van der Waals surface area (Å²) in [4.78, 5) is 11.7. The minimum absolute atomic E-state index is 0.123. The molecule has 1 N–H and O–H groups in total. The first-order valence-electron chi connectivity index (χ1n) is 6.18. The van der Waals surface area contributed by atoms with Gasteiger partial charge in [-0.2, -0.15) is 4.72 Å². The summed E-state index contributed by atoms with van der Waals surface area (Å²) in [6.45, 7) is 3.66. The molecule has 0 fully saturated rings. The lowest BCUT2D eigenvalue weighted by Gasteiger charge is -2.15. The summed E-state index contributed by atoms with van der Waals surface area (Å²) in [5.41, 5.74) is 0.961. The average molecular weight is 297 g/mol. The zero-order valence-corrected chi connectivity index (χ0v) is 12.6. The Balaban J connectivity index is 2.96. The van der Waals surface area contributed by atoms with E-state index >= 15 is 0 Å². The van der Waals surface area contributed by atoms with Crippen molar-refractivity contribution in [2.75, 3.05) is 7.11 Å². The Morgan fingerprint density at radius 3 is 2.45 bits per heavy atom. The third kappa shape index (κ3) is 4.47. The van der Waals surface area contributed by atoms with Gasteiger partial charge in [-0.1, -0.05) is 29.8 Å². The molecule has 6 heteroatoms. The monoisotopic (exact) mass is 297 g/mol. The van der Waals surface area contributed by atoms with Crippen LogP contribution in [0.4, 0.5) is 0 Å². The largest absolute Gasteiger partial charge is 0.468 e. The van der Waals surface area contributed by atoms with Gasteiger partial charge in [0.05, 0.1) is 12.0 Å². The van der Waals surface area contributed by atoms with Crippen molar-refractivity contribution in [1.82, 2.24) is 4.72 Å². The van der Waals surface area contributed by atoms with Gasteiger partial charge in [0.25, 0.3) is 0 Å². The number of methoxy groups -OCH3 is 1. The maximum atomic E-state index is 12.2. The van der Waals surface area contributed by atoms with Crippen LogP contribution in [0, 0.1) is 6.92 Å². The Morgan fingerprint density at radius 2 is 1.95 bits per heavy atom. The Kier molecular flexibility index (Phi) is 5.91. The molecule has 0 aromatic heterocycles. The zero-order valence-electron chi connectivity index (χ0n) is 11.8. The molecule has 1 aromatic carbocycles. The second-order valence-electron chi connectivity index (χ2n) is 4.31. The van der Waals surface area contributed by atoms with Crippen molar-refractivity contribution in [2.45, 2.75) is 31.2 Å². The summed E-state index contributed by atoms with van der Waals surface area (Å²) in [7, 11) is -2.52. The summed E-state index contributed by atoms with van der Waals surface area (Å²) in [6, 6.07) is 5.48. The molecule has 0 radical (unpaired) electrons. The van der Waals surface area contributed by atoms with Crippen molar-refractivity contribution in [1.29, 1.82) is 0 Å². The molecule has 0 aliphatic carbocycles. The lowest BCUT2D eigenvalue weighted by atomic mass is 10.2. The molecule has 0 heterocycles. The number of nitrogens with one attached hydrogen (secondary N) is 1. The van der Waals surface area contributed by atoms with Crippen LogP contribution in [0.25, 0.3) is 0 Å². The van der Waals surface area contributed by atoms with E-state index < -0.39 is 22.0 Å². The van der Waals surface area contributed by atoms with Crippen molar-refractivity contribution in [3.05, 3.63) is 42.0 Å². The summed E-state index contributed by atoms with van der Waals surface area (Å²) >= 11 is 0. The number of ether oxygens (including phenoxy) is 1. The van der Waals surface area contributed by atoms with E-state index in [0.717, 1.165) is 5.56 Å². The number of carbonyl (C=O) groups is 1. The molecule has 0 spiro atoms. The Hall–Kier alpha value is -1.66. The number of aryl methyl sites for hydroxylation is 1. The highest BCUT2D eigenvalue weighted by Crippen LogP contribution is 2.12. The van der Waals surface area contributed by atoms with Crippen molar-refractivity contribution in [3.63, 3.8) is 0 Å². The number of sulfonamides is 1. The molecule has 110 valence electrons. The van der Waals surface area contributed by atoms with E-state index in [1.165, 1.54) is 19.2 Å². The minimum atomic E-state index is -3.75. The first-order valence-corrected chi connectivity index (χ1v) is 7.67. The fraction of sp³-hybridized carbons (Fsp3) is 0.357. The number of carbonyl (C=O) groups excluding carboxylic acids is 1. The quantitative estimate of drug-likeness (QED) is 0.641. The van der Waals surface area contributed by atoms with Gasteiger partial charge in [0.2, 0.25) is 10.0 Å². The zero-order chi connectivity index (χ0) is 15.2. The summed E-state index contributed by atoms with van der Waals surface area (Å²) in [5.74, 6) is -0.612. The van der Waals surface area contributed by atoms with Crippen molar-refractivity contribution < 1.29 is 17.9 Å². The van der Waals surface area contributed by atoms with E-state index in [-0.39, 0.29) is 11.3 Å². The van der Waals surface area contributed by atoms with Gasteiger partial charge in [-0.15, -0.1) is 0 Å². The maximum Gasteiger partial charge on any atom is 0.324 e. The van der Waals surface area contributed by atoms with E-state index in [9.17, 15) is 13.2 Å². The first-order chi connectivity index (χ1) is 9.40. The Bertz CT molecular complexity index is 576. The van der Waals surface area contributed by atoms with Crippen LogP contribution in [0.2, 0.25) is 0 Å². The Morgan fingerprint density at radius 1 is 1.35 bits per heavy atom. The van der Waals surface area contributed by atoms with Crippen LogP contribution in [0.5, 0.6) is 0 Å². The molecule has 1 rings (SSSR count). The van der Waals surface area contributed by atoms with Gasteiger partial charge < -0.3 is 4.74 Å². The van der Waals surface area contributed by atoms with Crippen LogP contribution in [0.3, 0.4) is 0 Å². The van der Waals surface area contributed by atoms with Gasteiger partial charge in [-0.05, 0) is 32.4 Å². The van der Waals surface area contributed by atoms with Crippen molar-refractivity contribution >= 4 is 16.0 Å². The maximum absolute atomic E-state index is 12.2. The highest BCUT2D eigenvalue weighted by atomic mass is 32.2. The van der Waals surface area contributed by atoms with Crippen LogP contribution in [-0.2, 0) is 19.6 Å². The summed E-state index contributed by atoms with van der Waals surface area (Å²) in [6.07, 6.45) is 3.70. The molecule has 5 nitrogen and oxygen atoms in total. The van der Waals surface area contributed by atoms with E-state index in [1.54, 1.807) is 31.2 Å². The molecule has 0 saturated heterocycles. The topological polar surface area (TPSA) is 72.5 Å². The van der Waals surface area contributed by atoms with Gasteiger partial charge >= 0.3 is 5.97 Å². The number of allylic oxidation sites excluding steroid dienone is 1. The fourth-order valence-corrected chi connectivity index (χ4v) is 2.78. The lowest BCUT2D eigenvalue weighted by Crippen LogP contribution is -2.41. The normalized spacial score (nSPS) is 13.3. The number of hydrogen-bond acceptors (Lipinski definition) is 4. The molecule has 0 aliphatic rings. The molecule has 0 bridgehead atoms. The number of hydrogen-bond donors (Lipinski definition) is 1. The first kappa shape index (κ1) is 16.4. The predicted molar refractivity (Wildman–Crippen MR) is 76.7 cm³/mol. The molecular weight excluding hydrogens is 278 g/mol. The van der Waals surface area contributed by atoms with E-state index in [0.29, 0.717) is 0 Å². The highest BCUT2D eigenvalue weighted by Gasteiger charge is 2.25. The molecule has 1 unspecified atom stereocenters. The Labute approximate surface area is 119 Å². The third-order valence-electron chi connectivity index (χ3n) is 2.72. The number of esters is 1. The van der Waals surface area contributed by atoms with Gasteiger partial charge in [0.1, 0.15) is 6.04 Å². The fourth-order valence-electron chi connectivity index (χ4n) is 1.58. The molecule has 0 saturated carbocycles. The van der Waals surface area contributed by atoms with Crippen molar-refractivity contribution in [2.24, 2.45) is 0 Å². The minimum Gasteiger partial charge on any atom is -0.468 e. The van der Waals surface area contributed by atoms with Crippen molar-refractivity contribution in [3.8, 4) is 0 Å². The number of benzene rings is 1. The van der Waals surface area contributed by atoms with Crippen LogP contribution >= 0.6 is 0 Å². The van der Waals surface area contributed by atoms with E-state index in [4.69, 9.17) is 0 Å². The second-order valence-corrected chi connectivity index (χ2v) is 6.03. The standard InChI is InChI=1S/C14H19NO4S/c1-4-5-6-13(14(16)19-3)15-20(17,18)12-9-7-11(2)8-10-12/h4-5,7-10,13,15H,6H2,1-3H3/b5-4+. The molecule has 0 aliphatic heterocycles. The summed E-state index contributed by atoms with van der Waals surface area (Å²) < 4.78 is 31.4. The van der Waals surface area contributed by atoms with Gasteiger partial charge in [0, 0.05) is 0 Å². The van der Waals surface area contributed by atoms with Gasteiger partial charge in [-0.3, -0.25) is 4.79 Å². The third-order valence-corrected chi connectivity index (χ3v) is 4.21. The van der Waals surface area contributed by atoms with Crippen LogP contribution in [0.1, 0.15) is 18.9 Å². The van der Waals surface area contributed by atoms with Gasteiger partial charge in [0.15, 0.2) is 0 Å². The van der Waals surface area contributed by atoms with E-state index in [1.807, 2.05) is 6.92 Å².